The predicted molar refractivity (Wildman–Crippen MR) is 102 cm³/mol. The molecule has 1 amide bonds. The Bertz CT molecular complexity index is 980. The number of sulfonamides is 1. The van der Waals surface area contributed by atoms with Gasteiger partial charge in [0.05, 0.1) is 16.5 Å². The lowest BCUT2D eigenvalue weighted by atomic mass is 10.1. The molecule has 3 rings (SSSR count). The Morgan fingerprint density at radius 1 is 0.963 bits per heavy atom. The van der Waals surface area contributed by atoms with Crippen molar-refractivity contribution >= 4 is 15.9 Å². The van der Waals surface area contributed by atoms with E-state index in [9.17, 15) is 13.2 Å². The van der Waals surface area contributed by atoms with Crippen molar-refractivity contribution in [3.05, 3.63) is 64.7 Å². The van der Waals surface area contributed by atoms with Crippen molar-refractivity contribution in [3.8, 4) is 6.07 Å². The van der Waals surface area contributed by atoms with Gasteiger partial charge in [-0.3, -0.25) is 4.79 Å². The summed E-state index contributed by atoms with van der Waals surface area (Å²) in [5, 5.41) is 8.84. The number of carbonyl (C=O) groups excluding carboxylic acids is 1. The summed E-state index contributed by atoms with van der Waals surface area (Å²) in [6.07, 6.45) is 0. The predicted octanol–water partition coefficient (Wildman–Crippen LogP) is 2.32. The number of nitriles is 1. The molecule has 2 aromatic rings. The first-order valence-corrected chi connectivity index (χ1v) is 10.1. The van der Waals surface area contributed by atoms with Gasteiger partial charge in [-0.25, -0.2) is 8.42 Å². The average molecular weight is 383 g/mol. The van der Waals surface area contributed by atoms with Crippen molar-refractivity contribution < 1.29 is 13.2 Å². The third kappa shape index (κ3) is 4.02. The van der Waals surface area contributed by atoms with Crippen LogP contribution in [0, 0.1) is 25.2 Å². The number of hydrogen-bond donors (Lipinski definition) is 0. The summed E-state index contributed by atoms with van der Waals surface area (Å²) in [7, 11) is -3.63. The number of piperazine rings is 1. The number of hydrogen-bond acceptors (Lipinski definition) is 4. The second kappa shape index (κ2) is 7.51. The Balaban J connectivity index is 1.70. The largest absolute Gasteiger partial charge is 0.336 e. The highest BCUT2D eigenvalue weighted by Crippen LogP contribution is 2.19. The highest BCUT2D eigenvalue weighted by Gasteiger charge is 2.30. The lowest BCUT2D eigenvalue weighted by Gasteiger charge is -2.34. The van der Waals surface area contributed by atoms with Gasteiger partial charge < -0.3 is 4.90 Å². The second-order valence-corrected chi connectivity index (χ2v) is 8.65. The van der Waals surface area contributed by atoms with E-state index in [1.165, 1.54) is 28.6 Å². The van der Waals surface area contributed by atoms with E-state index in [4.69, 9.17) is 5.26 Å². The van der Waals surface area contributed by atoms with Gasteiger partial charge in [-0.15, -0.1) is 0 Å². The Kier molecular flexibility index (Phi) is 5.31. The number of amides is 1. The minimum Gasteiger partial charge on any atom is -0.336 e. The minimum absolute atomic E-state index is 0.0720. The fourth-order valence-corrected chi connectivity index (χ4v) is 4.68. The molecule has 140 valence electrons. The van der Waals surface area contributed by atoms with Crippen LogP contribution >= 0.6 is 0 Å². The fourth-order valence-electron chi connectivity index (χ4n) is 3.26. The number of rotatable bonds is 3. The minimum atomic E-state index is -3.63. The summed E-state index contributed by atoms with van der Waals surface area (Å²) in [5.41, 5.74) is 3.11. The first kappa shape index (κ1) is 19.1. The fraction of sp³-hybridized carbons (Fsp3) is 0.300. The monoisotopic (exact) mass is 383 g/mol. The van der Waals surface area contributed by atoms with E-state index in [0.29, 0.717) is 24.2 Å². The molecule has 0 aliphatic carbocycles. The van der Waals surface area contributed by atoms with Crippen LogP contribution in [0.3, 0.4) is 0 Å². The lowest BCUT2D eigenvalue weighted by molar-refractivity contribution is 0.0697. The first-order valence-electron chi connectivity index (χ1n) is 8.69. The molecule has 1 fully saturated rings. The molecule has 0 bridgehead atoms. The molecule has 6 nitrogen and oxygen atoms in total. The first-order chi connectivity index (χ1) is 12.8. The van der Waals surface area contributed by atoms with Crippen molar-refractivity contribution in [2.45, 2.75) is 18.7 Å². The van der Waals surface area contributed by atoms with Crippen molar-refractivity contribution in [1.29, 1.82) is 5.26 Å². The summed E-state index contributed by atoms with van der Waals surface area (Å²) in [6, 6.07) is 13.6. The van der Waals surface area contributed by atoms with Gasteiger partial charge >= 0.3 is 0 Å². The molecule has 0 saturated carbocycles. The van der Waals surface area contributed by atoms with Gasteiger partial charge in [0.15, 0.2) is 0 Å². The molecule has 1 aliphatic heterocycles. The third-order valence-electron chi connectivity index (χ3n) is 4.62. The normalized spacial score (nSPS) is 15.4. The van der Waals surface area contributed by atoms with E-state index < -0.39 is 10.0 Å². The molecule has 0 aromatic heterocycles. The maximum atomic E-state index is 12.8. The van der Waals surface area contributed by atoms with E-state index in [0.717, 1.165) is 11.1 Å². The molecular formula is C20H21N3O3S. The van der Waals surface area contributed by atoms with Crippen LogP contribution in [0.5, 0.6) is 0 Å². The molecule has 7 heteroatoms. The molecular weight excluding hydrogens is 362 g/mol. The maximum Gasteiger partial charge on any atom is 0.253 e. The zero-order valence-corrected chi connectivity index (χ0v) is 16.2. The van der Waals surface area contributed by atoms with Crippen molar-refractivity contribution in [2.24, 2.45) is 0 Å². The van der Waals surface area contributed by atoms with Gasteiger partial charge in [0, 0.05) is 31.7 Å². The average Bonchev–Trinajstić information content (AvgIpc) is 2.67. The van der Waals surface area contributed by atoms with Gasteiger partial charge in [0.1, 0.15) is 0 Å². The quantitative estimate of drug-likeness (QED) is 0.815. The van der Waals surface area contributed by atoms with Gasteiger partial charge in [-0.05, 0) is 50.2 Å². The van der Waals surface area contributed by atoms with E-state index in [1.54, 1.807) is 4.90 Å². The summed E-state index contributed by atoms with van der Waals surface area (Å²) >= 11 is 0. The van der Waals surface area contributed by atoms with Crippen LogP contribution in [0.1, 0.15) is 27.0 Å². The highest BCUT2D eigenvalue weighted by atomic mass is 32.2. The number of aryl methyl sites for hydroxylation is 2. The van der Waals surface area contributed by atoms with Crippen molar-refractivity contribution in [1.82, 2.24) is 9.21 Å². The molecule has 1 heterocycles. The van der Waals surface area contributed by atoms with Crippen LogP contribution < -0.4 is 0 Å². The molecule has 27 heavy (non-hydrogen) atoms. The van der Waals surface area contributed by atoms with Crippen LogP contribution in [-0.2, 0) is 10.0 Å². The molecule has 0 radical (unpaired) electrons. The second-order valence-electron chi connectivity index (χ2n) is 6.71. The molecule has 1 aliphatic rings. The van der Waals surface area contributed by atoms with Crippen LogP contribution in [-0.4, -0.2) is 49.7 Å². The standard InChI is InChI=1S/C20H21N3O3S/c1-15-11-16(2)13-18(12-15)20(24)22-7-9-23(10-8-22)27(25,26)19-5-3-17(14-21)4-6-19/h3-6,11-13H,7-10H2,1-2H3. The Morgan fingerprint density at radius 3 is 2.04 bits per heavy atom. The number of carbonyl (C=O) groups is 1. The lowest BCUT2D eigenvalue weighted by Crippen LogP contribution is -2.50. The highest BCUT2D eigenvalue weighted by molar-refractivity contribution is 7.89. The molecule has 2 aromatic carbocycles. The summed E-state index contributed by atoms with van der Waals surface area (Å²) in [4.78, 5) is 14.6. The molecule has 0 spiro atoms. The van der Waals surface area contributed by atoms with E-state index >= 15 is 0 Å². The van der Waals surface area contributed by atoms with Crippen LogP contribution in [0.15, 0.2) is 47.4 Å². The van der Waals surface area contributed by atoms with E-state index in [1.807, 2.05) is 38.1 Å². The maximum absolute atomic E-state index is 12.8. The summed E-state index contributed by atoms with van der Waals surface area (Å²) in [5.74, 6) is -0.0720. The van der Waals surface area contributed by atoms with Gasteiger partial charge in [-0.1, -0.05) is 17.2 Å². The van der Waals surface area contributed by atoms with Gasteiger partial charge in [0.2, 0.25) is 10.0 Å². The van der Waals surface area contributed by atoms with E-state index in [-0.39, 0.29) is 23.9 Å². The molecule has 0 N–H and O–H groups in total. The topological polar surface area (TPSA) is 81.5 Å². The zero-order valence-electron chi connectivity index (χ0n) is 15.3. The molecule has 0 atom stereocenters. The SMILES string of the molecule is Cc1cc(C)cc(C(=O)N2CCN(S(=O)(=O)c3ccc(C#N)cc3)CC2)c1. The van der Waals surface area contributed by atoms with Crippen LogP contribution in [0.2, 0.25) is 0 Å². The third-order valence-corrected chi connectivity index (χ3v) is 6.53. The molecule has 0 unspecified atom stereocenters. The Labute approximate surface area is 159 Å². The summed E-state index contributed by atoms with van der Waals surface area (Å²) in [6.45, 7) is 5.10. The van der Waals surface area contributed by atoms with Crippen LogP contribution in [0.4, 0.5) is 0 Å². The smallest absolute Gasteiger partial charge is 0.253 e. The zero-order chi connectivity index (χ0) is 19.6. The van der Waals surface area contributed by atoms with Gasteiger partial charge in [-0.2, -0.15) is 9.57 Å². The number of benzene rings is 2. The summed E-state index contributed by atoms with van der Waals surface area (Å²) < 4.78 is 26.9. The molecule has 1 saturated heterocycles. The van der Waals surface area contributed by atoms with Crippen molar-refractivity contribution in [2.75, 3.05) is 26.2 Å². The van der Waals surface area contributed by atoms with Crippen LogP contribution in [0.25, 0.3) is 0 Å². The van der Waals surface area contributed by atoms with Gasteiger partial charge in [0.25, 0.3) is 5.91 Å². The Hall–Kier alpha value is -2.69. The van der Waals surface area contributed by atoms with E-state index in [2.05, 4.69) is 0 Å². The van der Waals surface area contributed by atoms with Crippen molar-refractivity contribution in [3.63, 3.8) is 0 Å². The Morgan fingerprint density at radius 2 is 1.52 bits per heavy atom. The number of nitrogens with zero attached hydrogens (tertiary/aromatic N) is 3.